The van der Waals surface area contributed by atoms with Crippen molar-refractivity contribution in [3.8, 4) is 11.5 Å². The lowest BCUT2D eigenvalue weighted by Gasteiger charge is -2.12. The lowest BCUT2D eigenvalue weighted by atomic mass is 9.98. The summed E-state index contributed by atoms with van der Waals surface area (Å²) in [5.41, 5.74) is 0.903. The van der Waals surface area contributed by atoms with E-state index in [2.05, 4.69) is 20.8 Å². The first-order valence-corrected chi connectivity index (χ1v) is 10.2. The van der Waals surface area contributed by atoms with E-state index in [4.69, 9.17) is 9.47 Å². The number of nitrogens with zero attached hydrogens (tertiary/aromatic N) is 2. The molecule has 0 aliphatic carbocycles. The van der Waals surface area contributed by atoms with Crippen molar-refractivity contribution in [2.75, 3.05) is 26.1 Å². The van der Waals surface area contributed by atoms with Crippen LogP contribution in [0.4, 0.5) is 5.13 Å². The van der Waals surface area contributed by atoms with E-state index in [-0.39, 0.29) is 30.1 Å². The number of amides is 2. The van der Waals surface area contributed by atoms with Gasteiger partial charge >= 0.3 is 0 Å². The molecule has 0 saturated heterocycles. The Balaban J connectivity index is 1.71. The molecule has 2 N–H and O–H groups in total. The average Bonchev–Trinajstić information content (AvgIpc) is 3.15. The van der Waals surface area contributed by atoms with Crippen LogP contribution in [0.1, 0.15) is 44.2 Å². The maximum atomic E-state index is 12.0. The molecule has 1 aromatic carbocycles. The van der Waals surface area contributed by atoms with Crippen LogP contribution < -0.4 is 20.1 Å². The molecule has 8 nitrogen and oxygen atoms in total. The second-order valence-corrected chi connectivity index (χ2v) is 8.48. The average molecular weight is 421 g/mol. The fourth-order valence-electron chi connectivity index (χ4n) is 2.46. The standard InChI is InChI=1S/C20H28N4O4S/c1-20(2,3)18-23-24-19(29-18)22-17(26)9-8-16(25)21-11-10-13-6-7-14(27-4)15(12-13)28-5/h6-7,12H,8-11H2,1-5H3,(H,21,25)(H,22,24,26). The quantitative estimate of drug-likeness (QED) is 0.647. The van der Waals surface area contributed by atoms with Crippen molar-refractivity contribution < 1.29 is 19.1 Å². The van der Waals surface area contributed by atoms with Gasteiger partial charge in [-0.2, -0.15) is 0 Å². The van der Waals surface area contributed by atoms with Gasteiger partial charge in [0.15, 0.2) is 11.5 Å². The summed E-state index contributed by atoms with van der Waals surface area (Å²) < 4.78 is 10.5. The van der Waals surface area contributed by atoms with Gasteiger partial charge in [-0.3, -0.25) is 9.59 Å². The minimum absolute atomic E-state index is 0.0899. The van der Waals surface area contributed by atoms with E-state index >= 15 is 0 Å². The highest BCUT2D eigenvalue weighted by Gasteiger charge is 2.20. The summed E-state index contributed by atoms with van der Waals surface area (Å²) in [6.45, 7) is 6.57. The van der Waals surface area contributed by atoms with Gasteiger partial charge in [-0.25, -0.2) is 0 Å². The second-order valence-electron chi connectivity index (χ2n) is 7.50. The third kappa shape index (κ3) is 7.01. The Bertz CT molecular complexity index is 845. The zero-order valence-electron chi connectivity index (χ0n) is 17.5. The first-order chi connectivity index (χ1) is 13.7. The van der Waals surface area contributed by atoms with Gasteiger partial charge in [-0.05, 0) is 24.1 Å². The Labute approximate surface area is 175 Å². The number of carbonyl (C=O) groups is 2. The molecule has 0 saturated carbocycles. The van der Waals surface area contributed by atoms with Crippen LogP contribution in [0.25, 0.3) is 0 Å². The van der Waals surface area contributed by atoms with E-state index in [1.165, 1.54) is 11.3 Å². The fourth-order valence-corrected chi connectivity index (χ4v) is 3.27. The lowest BCUT2D eigenvalue weighted by Crippen LogP contribution is -2.26. The normalized spacial score (nSPS) is 11.1. The number of methoxy groups -OCH3 is 2. The SMILES string of the molecule is COc1ccc(CCNC(=O)CCC(=O)Nc2nnc(C(C)(C)C)s2)cc1OC. The first kappa shape index (κ1) is 22.6. The van der Waals surface area contributed by atoms with Gasteiger partial charge in [-0.15, -0.1) is 10.2 Å². The topological polar surface area (TPSA) is 102 Å². The van der Waals surface area contributed by atoms with Crippen molar-refractivity contribution in [3.63, 3.8) is 0 Å². The molecule has 1 aromatic heterocycles. The third-order valence-electron chi connectivity index (χ3n) is 4.08. The zero-order valence-corrected chi connectivity index (χ0v) is 18.3. The second kappa shape index (κ2) is 10.2. The number of hydrogen-bond acceptors (Lipinski definition) is 7. The van der Waals surface area contributed by atoms with Crippen molar-refractivity contribution in [2.24, 2.45) is 0 Å². The molecule has 0 bridgehead atoms. The maximum absolute atomic E-state index is 12.0. The number of carbonyl (C=O) groups excluding carboxylic acids is 2. The first-order valence-electron chi connectivity index (χ1n) is 9.34. The Morgan fingerprint density at radius 2 is 1.72 bits per heavy atom. The molecule has 0 aliphatic heterocycles. The molecule has 2 amide bonds. The van der Waals surface area contributed by atoms with Crippen molar-refractivity contribution in [2.45, 2.75) is 45.4 Å². The van der Waals surface area contributed by atoms with Crippen LogP contribution in [0.2, 0.25) is 0 Å². The molecule has 29 heavy (non-hydrogen) atoms. The highest BCUT2D eigenvalue weighted by atomic mass is 32.1. The Morgan fingerprint density at radius 1 is 1.03 bits per heavy atom. The third-order valence-corrected chi connectivity index (χ3v) is 5.34. The van der Waals surface area contributed by atoms with Gasteiger partial charge in [0.25, 0.3) is 0 Å². The summed E-state index contributed by atoms with van der Waals surface area (Å²) in [6, 6.07) is 5.64. The molecule has 0 unspecified atom stereocenters. The molecule has 9 heteroatoms. The molecular weight excluding hydrogens is 392 g/mol. The van der Waals surface area contributed by atoms with Crippen molar-refractivity contribution in [1.82, 2.24) is 15.5 Å². The van der Waals surface area contributed by atoms with Crippen LogP contribution in [-0.4, -0.2) is 42.8 Å². The summed E-state index contributed by atoms with van der Waals surface area (Å²) in [4.78, 5) is 24.0. The number of benzene rings is 1. The summed E-state index contributed by atoms with van der Waals surface area (Å²) in [5, 5.41) is 14.9. The minimum Gasteiger partial charge on any atom is -0.493 e. The van der Waals surface area contributed by atoms with Crippen LogP contribution in [0, 0.1) is 0 Å². The molecule has 0 radical (unpaired) electrons. The number of rotatable bonds is 9. The van der Waals surface area contributed by atoms with Crippen molar-refractivity contribution in [1.29, 1.82) is 0 Å². The highest BCUT2D eigenvalue weighted by Crippen LogP contribution is 2.28. The molecule has 158 valence electrons. The van der Waals surface area contributed by atoms with Gasteiger partial charge in [0.05, 0.1) is 14.2 Å². The van der Waals surface area contributed by atoms with Crippen LogP contribution in [-0.2, 0) is 21.4 Å². The summed E-state index contributed by atoms with van der Waals surface area (Å²) >= 11 is 1.35. The van der Waals surface area contributed by atoms with E-state index in [0.29, 0.717) is 29.6 Å². The monoisotopic (exact) mass is 420 g/mol. The molecule has 2 aromatic rings. The zero-order chi connectivity index (χ0) is 21.4. The van der Waals surface area contributed by atoms with E-state index < -0.39 is 0 Å². The molecule has 0 atom stereocenters. The predicted octanol–water partition coefficient (Wildman–Crippen LogP) is 2.93. The minimum atomic E-state index is -0.253. The smallest absolute Gasteiger partial charge is 0.226 e. The van der Waals surface area contributed by atoms with Crippen LogP contribution >= 0.6 is 11.3 Å². The predicted molar refractivity (Wildman–Crippen MR) is 113 cm³/mol. The van der Waals surface area contributed by atoms with Gasteiger partial charge in [0, 0.05) is 24.8 Å². The summed E-state index contributed by atoms with van der Waals surface area (Å²) in [5.74, 6) is 0.889. The Kier molecular flexibility index (Phi) is 7.95. The van der Waals surface area contributed by atoms with Gasteiger partial charge < -0.3 is 20.1 Å². The molecule has 0 spiro atoms. The number of nitrogens with one attached hydrogen (secondary N) is 2. The van der Waals surface area contributed by atoms with E-state index in [1.54, 1.807) is 14.2 Å². The molecule has 0 fully saturated rings. The van der Waals surface area contributed by atoms with Crippen LogP contribution in [0.5, 0.6) is 11.5 Å². The van der Waals surface area contributed by atoms with Crippen molar-refractivity contribution in [3.05, 3.63) is 28.8 Å². The highest BCUT2D eigenvalue weighted by molar-refractivity contribution is 7.15. The van der Waals surface area contributed by atoms with Gasteiger partial charge in [0.1, 0.15) is 5.01 Å². The molecule has 1 heterocycles. The molecule has 0 aliphatic rings. The van der Waals surface area contributed by atoms with Crippen LogP contribution in [0.15, 0.2) is 18.2 Å². The number of ether oxygens (including phenoxy) is 2. The molecule has 2 rings (SSSR count). The van der Waals surface area contributed by atoms with Crippen molar-refractivity contribution >= 4 is 28.3 Å². The lowest BCUT2D eigenvalue weighted by molar-refractivity contribution is -0.124. The van der Waals surface area contributed by atoms with Gasteiger partial charge in [0.2, 0.25) is 16.9 Å². The Morgan fingerprint density at radius 3 is 2.34 bits per heavy atom. The molecular formula is C20H28N4O4S. The number of anilines is 1. The van der Waals surface area contributed by atoms with Gasteiger partial charge in [-0.1, -0.05) is 38.2 Å². The van der Waals surface area contributed by atoms with E-state index in [0.717, 1.165) is 10.6 Å². The number of aromatic nitrogens is 2. The van der Waals surface area contributed by atoms with E-state index in [1.807, 2.05) is 39.0 Å². The fraction of sp³-hybridized carbons (Fsp3) is 0.500. The van der Waals surface area contributed by atoms with Crippen LogP contribution in [0.3, 0.4) is 0 Å². The summed E-state index contributed by atoms with van der Waals surface area (Å²) in [6.07, 6.45) is 0.855. The maximum Gasteiger partial charge on any atom is 0.226 e. The van der Waals surface area contributed by atoms with E-state index in [9.17, 15) is 9.59 Å². The largest absolute Gasteiger partial charge is 0.493 e. The number of hydrogen-bond donors (Lipinski definition) is 2. The Hall–Kier alpha value is -2.68. The summed E-state index contributed by atoms with van der Waals surface area (Å²) in [7, 11) is 3.17.